The summed E-state index contributed by atoms with van der Waals surface area (Å²) in [7, 11) is 0. The molecule has 2 N–H and O–H groups in total. The van der Waals surface area contributed by atoms with E-state index in [0.717, 1.165) is 37.1 Å². The van der Waals surface area contributed by atoms with E-state index < -0.39 is 0 Å². The summed E-state index contributed by atoms with van der Waals surface area (Å²) in [5.74, 6) is 0.0302. The van der Waals surface area contributed by atoms with Crippen molar-refractivity contribution >= 4 is 12.1 Å². The fourth-order valence-corrected chi connectivity index (χ4v) is 3.50. The van der Waals surface area contributed by atoms with Crippen molar-refractivity contribution in [1.82, 2.24) is 5.32 Å². The lowest BCUT2D eigenvalue weighted by Crippen LogP contribution is -2.27. The zero-order chi connectivity index (χ0) is 18.2. The summed E-state index contributed by atoms with van der Waals surface area (Å²) >= 11 is 0. The molecule has 0 spiro atoms. The van der Waals surface area contributed by atoms with Gasteiger partial charge in [-0.25, -0.2) is 4.99 Å². The van der Waals surface area contributed by atoms with Gasteiger partial charge < -0.3 is 10.4 Å². The number of aliphatic hydroxyl groups is 1. The number of piperidine rings is 1. The normalized spacial score (nSPS) is 16.7. The fraction of sp³-hybridized carbons (Fsp3) is 0.364. The van der Waals surface area contributed by atoms with Crippen molar-refractivity contribution in [3.8, 4) is 0 Å². The Balaban J connectivity index is 1.71. The molecular formula is C22H26N2O2. The van der Waals surface area contributed by atoms with Crippen LogP contribution in [0.4, 0.5) is 0 Å². The lowest BCUT2D eigenvalue weighted by atomic mass is 9.87. The van der Waals surface area contributed by atoms with Crippen molar-refractivity contribution in [2.75, 3.05) is 19.7 Å². The van der Waals surface area contributed by atoms with E-state index in [4.69, 9.17) is 0 Å². The number of aliphatic hydroxyl groups excluding tert-OH is 1. The third kappa shape index (κ3) is 4.87. The summed E-state index contributed by atoms with van der Waals surface area (Å²) in [5.41, 5.74) is 2.91. The minimum absolute atomic E-state index is 0.0262. The highest BCUT2D eigenvalue weighted by Gasteiger charge is 2.20. The van der Waals surface area contributed by atoms with Gasteiger partial charge in [0.2, 0.25) is 0 Å². The molecule has 1 saturated heterocycles. The van der Waals surface area contributed by atoms with Gasteiger partial charge in [0.05, 0.1) is 6.61 Å². The minimum atomic E-state index is -0.217. The zero-order valence-corrected chi connectivity index (χ0v) is 15.0. The molecule has 0 aromatic heterocycles. The van der Waals surface area contributed by atoms with Gasteiger partial charge in [0.25, 0.3) is 5.91 Å². The van der Waals surface area contributed by atoms with Crippen LogP contribution in [0.2, 0.25) is 0 Å². The third-order valence-electron chi connectivity index (χ3n) is 4.95. The number of aliphatic imine (C=N–C) groups is 1. The van der Waals surface area contributed by atoms with Crippen LogP contribution in [0.25, 0.3) is 0 Å². The average molecular weight is 350 g/mol. The van der Waals surface area contributed by atoms with Crippen LogP contribution in [0.3, 0.4) is 0 Å². The Bertz CT molecular complexity index is 737. The second-order valence-corrected chi connectivity index (χ2v) is 6.83. The summed E-state index contributed by atoms with van der Waals surface area (Å²) in [6.45, 7) is 1.95. The second-order valence-electron chi connectivity index (χ2n) is 6.83. The number of benzene rings is 2. The van der Waals surface area contributed by atoms with Crippen LogP contribution in [0.15, 0.2) is 59.6 Å². The second kappa shape index (κ2) is 9.41. The molecule has 0 aliphatic carbocycles. The van der Waals surface area contributed by atoms with Gasteiger partial charge in [-0.15, -0.1) is 0 Å². The number of rotatable bonds is 6. The van der Waals surface area contributed by atoms with E-state index in [2.05, 4.69) is 10.3 Å². The van der Waals surface area contributed by atoms with Crippen molar-refractivity contribution in [3.05, 3.63) is 71.3 Å². The first-order chi connectivity index (χ1) is 12.8. The number of carbonyl (C=O) groups excluding carboxylic acids is 1. The van der Waals surface area contributed by atoms with Gasteiger partial charge in [0, 0.05) is 17.7 Å². The van der Waals surface area contributed by atoms with Crippen LogP contribution >= 0.6 is 0 Å². The van der Waals surface area contributed by atoms with Gasteiger partial charge in [-0.05, 0) is 55.5 Å². The molecule has 1 unspecified atom stereocenters. The van der Waals surface area contributed by atoms with Gasteiger partial charge in [-0.2, -0.15) is 0 Å². The SMILES string of the molecule is O=C(/N=C/C(CO)Cc1ccccc1)c1ccccc1C1CCNCC1. The topological polar surface area (TPSA) is 61.7 Å². The van der Waals surface area contributed by atoms with Gasteiger partial charge >= 0.3 is 0 Å². The van der Waals surface area contributed by atoms with E-state index in [0.29, 0.717) is 17.9 Å². The average Bonchev–Trinajstić information content (AvgIpc) is 2.72. The van der Waals surface area contributed by atoms with E-state index in [1.807, 2.05) is 54.6 Å². The van der Waals surface area contributed by atoms with Crippen molar-refractivity contribution in [2.45, 2.75) is 25.2 Å². The Morgan fingerprint density at radius 3 is 2.54 bits per heavy atom. The van der Waals surface area contributed by atoms with E-state index in [-0.39, 0.29) is 18.4 Å². The molecule has 0 saturated carbocycles. The van der Waals surface area contributed by atoms with Crippen molar-refractivity contribution in [2.24, 2.45) is 10.9 Å². The fourth-order valence-electron chi connectivity index (χ4n) is 3.50. The van der Waals surface area contributed by atoms with Crippen LogP contribution in [0.1, 0.15) is 40.2 Å². The van der Waals surface area contributed by atoms with Crippen LogP contribution in [0, 0.1) is 5.92 Å². The Hall–Kier alpha value is -2.30. The highest BCUT2D eigenvalue weighted by atomic mass is 16.3. The first kappa shape index (κ1) is 18.5. The van der Waals surface area contributed by atoms with Crippen LogP contribution in [-0.2, 0) is 6.42 Å². The highest BCUT2D eigenvalue weighted by molar-refractivity contribution is 6.00. The van der Waals surface area contributed by atoms with E-state index >= 15 is 0 Å². The quantitative estimate of drug-likeness (QED) is 0.787. The van der Waals surface area contributed by atoms with E-state index in [9.17, 15) is 9.90 Å². The van der Waals surface area contributed by atoms with Crippen LogP contribution in [0.5, 0.6) is 0 Å². The molecule has 2 aromatic carbocycles. The van der Waals surface area contributed by atoms with Crippen molar-refractivity contribution in [1.29, 1.82) is 0 Å². The molecule has 1 heterocycles. The van der Waals surface area contributed by atoms with Gasteiger partial charge in [0.15, 0.2) is 0 Å². The van der Waals surface area contributed by atoms with Crippen molar-refractivity contribution < 1.29 is 9.90 Å². The molecule has 4 heteroatoms. The molecule has 1 fully saturated rings. The molecule has 26 heavy (non-hydrogen) atoms. The number of carbonyl (C=O) groups is 1. The molecule has 0 radical (unpaired) electrons. The molecule has 1 atom stereocenters. The predicted octanol–water partition coefficient (Wildman–Crippen LogP) is 3.22. The molecule has 0 bridgehead atoms. The summed E-state index contributed by atoms with van der Waals surface area (Å²) in [6.07, 6.45) is 4.36. The number of hydrogen-bond donors (Lipinski definition) is 2. The molecule has 1 aliphatic rings. The Morgan fingerprint density at radius 2 is 1.81 bits per heavy atom. The molecule has 3 rings (SSSR count). The minimum Gasteiger partial charge on any atom is -0.396 e. The molecule has 1 amide bonds. The summed E-state index contributed by atoms with van der Waals surface area (Å²) < 4.78 is 0. The first-order valence-corrected chi connectivity index (χ1v) is 9.31. The summed E-state index contributed by atoms with van der Waals surface area (Å²) in [6, 6.07) is 17.7. The Kier molecular flexibility index (Phi) is 6.69. The molecule has 1 aliphatic heterocycles. The molecule has 2 aromatic rings. The lowest BCUT2D eigenvalue weighted by Gasteiger charge is -2.24. The monoisotopic (exact) mass is 350 g/mol. The van der Waals surface area contributed by atoms with E-state index in [1.54, 1.807) is 6.21 Å². The third-order valence-corrected chi connectivity index (χ3v) is 4.95. The lowest BCUT2D eigenvalue weighted by molar-refractivity contribution is 0.100. The summed E-state index contributed by atoms with van der Waals surface area (Å²) in [5, 5.41) is 13.0. The number of hydrogen-bond acceptors (Lipinski definition) is 3. The number of nitrogens with zero attached hydrogens (tertiary/aromatic N) is 1. The standard InChI is InChI=1S/C22H26N2O2/c25-16-18(14-17-6-2-1-3-7-17)15-24-22(26)21-9-5-4-8-20(21)19-10-12-23-13-11-19/h1-9,15,18-19,23,25H,10-14,16H2/b24-15+. The highest BCUT2D eigenvalue weighted by Crippen LogP contribution is 2.28. The van der Waals surface area contributed by atoms with Gasteiger partial charge in [-0.1, -0.05) is 48.5 Å². The molecule has 136 valence electrons. The molecular weight excluding hydrogens is 324 g/mol. The van der Waals surface area contributed by atoms with E-state index in [1.165, 1.54) is 0 Å². The van der Waals surface area contributed by atoms with Crippen LogP contribution in [-0.4, -0.2) is 36.9 Å². The van der Waals surface area contributed by atoms with Crippen LogP contribution < -0.4 is 5.32 Å². The van der Waals surface area contributed by atoms with Gasteiger partial charge in [-0.3, -0.25) is 4.79 Å². The smallest absolute Gasteiger partial charge is 0.276 e. The first-order valence-electron chi connectivity index (χ1n) is 9.31. The maximum atomic E-state index is 12.7. The number of amides is 1. The summed E-state index contributed by atoms with van der Waals surface area (Å²) in [4.78, 5) is 16.9. The molecule has 4 nitrogen and oxygen atoms in total. The maximum absolute atomic E-state index is 12.7. The van der Waals surface area contributed by atoms with Crippen molar-refractivity contribution in [3.63, 3.8) is 0 Å². The Labute approximate surface area is 155 Å². The maximum Gasteiger partial charge on any atom is 0.276 e. The number of nitrogens with one attached hydrogen (secondary N) is 1. The largest absolute Gasteiger partial charge is 0.396 e. The van der Waals surface area contributed by atoms with Gasteiger partial charge in [0.1, 0.15) is 0 Å². The Morgan fingerprint density at radius 1 is 1.12 bits per heavy atom. The predicted molar refractivity (Wildman–Crippen MR) is 105 cm³/mol. The zero-order valence-electron chi connectivity index (χ0n) is 15.0.